The van der Waals surface area contributed by atoms with E-state index in [1.165, 1.54) is 6.20 Å². The molecule has 0 radical (unpaired) electrons. The molecule has 1 N–H and O–H groups in total. The van der Waals surface area contributed by atoms with Gasteiger partial charge in [-0.15, -0.1) is 0 Å². The number of pyridine rings is 1. The van der Waals surface area contributed by atoms with E-state index in [1.807, 2.05) is 0 Å². The van der Waals surface area contributed by atoms with Gasteiger partial charge in [-0.3, -0.25) is 4.79 Å². The number of hydrogen-bond acceptors (Lipinski definition) is 5. The minimum Gasteiger partial charge on any atom is -0.462 e. The minimum atomic E-state index is -0.720. The topological polar surface area (TPSA) is 71.8 Å². The number of fused-ring (bicyclic) bond motifs is 1. The number of carbonyl (C=O) groups excluding carboxylic acids is 1. The number of nitrogens with zero attached hydrogens (tertiary/aromatic N) is 2. The van der Waals surface area contributed by atoms with Crippen LogP contribution in [0.2, 0.25) is 5.02 Å². The molecule has 1 saturated carbocycles. The van der Waals surface area contributed by atoms with Crippen molar-refractivity contribution in [2.24, 2.45) is 0 Å². The molecule has 6 nitrogen and oxygen atoms in total. The largest absolute Gasteiger partial charge is 0.462 e. The lowest BCUT2D eigenvalue weighted by molar-refractivity contribution is 0.0524. The molecule has 4 rings (SSSR count). The average Bonchev–Trinajstić information content (AvgIpc) is 3.38. The molecule has 1 saturated heterocycles. The highest BCUT2D eigenvalue weighted by Crippen LogP contribution is 2.42. The van der Waals surface area contributed by atoms with Crippen LogP contribution in [0.1, 0.15) is 42.6 Å². The van der Waals surface area contributed by atoms with Gasteiger partial charge >= 0.3 is 5.97 Å². The van der Waals surface area contributed by atoms with Crippen molar-refractivity contribution >= 4 is 34.2 Å². The maximum absolute atomic E-state index is 14.9. The van der Waals surface area contributed by atoms with E-state index in [-0.39, 0.29) is 40.9 Å². The summed E-state index contributed by atoms with van der Waals surface area (Å²) in [6.45, 7) is 2.57. The van der Waals surface area contributed by atoms with Gasteiger partial charge in [-0.05, 0) is 32.3 Å². The SMILES string of the molecule is CCOC(=O)c1cn(C2CC2)c2c(Cl)c(N3CCC(O)C3)c(F)cc2c1=O. The number of aliphatic hydroxyl groups is 1. The number of benzene rings is 1. The number of hydrogen-bond donors (Lipinski definition) is 1. The van der Waals surface area contributed by atoms with Gasteiger partial charge in [-0.25, -0.2) is 9.18 Å². The Kier molecular flexibility index (Phi) is 4.60. The molecule has 1 aliphatic carbocycles. The number of halogens is 2. The lowest BCUT2D eigenvalue weighted by Gasteiger charge is -2.23. The summed E-state index contributed by atoms with van der Waals surface area (Å²) in [5, 5.41) is 9.99. The predicted octanol–water partition coefficient (Wildman–Crippen LogP) is 2.88. The van der Waals surface area contributed by atoms with Gasteiger partial charge in [0.2, 0.25) is 5.43 Å². The highest BCUT2D eigenvalue weighted by Gasteiger charge is 2.32. The summed E-state index contributed by atoms with van der Waals surface area (Å²) < 4.78 is 21.7. The second-order valence-electron chi connectivity index (χ2n) is 7.04. The van der Waals surface area contributed by atoms with E-state index in [4.69, 9.17) is 16.3 Å². The Morgan fingerprint density at radius 2 is 2.15 bits per heavy atom. The minimum absolute atomic E-state index is 0.0680. The maximum atomic E-state index is 14.9. The molecule has 144 valence electrons. The van der Waals surface area contributed by atoms with E-state index in [0.29, 0.717) is 18.5 Å². The van der Waals surface area contributed by atoms with E-state index >= 15 is 0 Å². The van der Waals surface area contributed by atoms with Crippen molar-refractivity contribution in [2.45, 2.75) is 38.3 Å². The summed E-state index contributed by atoms with van der Waals surface area (Å²) in [4.78, 5) is 26.7. The molecule has 1 aromatic heterocycles. The molecule has 1 aromatic carbocycles. The van der Waals surface area contributed by atoms with Crippen LogP contribution in [-0.4, -0.2) is 41.4 Å². The van der Waals surface area contributed by atoms with Gasteiger partial charge in [0.05, 0.1) is 34.3 Å². The molecule has 1 atom stereocenters. The third-order valence-electron chi connectivity index (χ3n) is 5.10. The Bertz CT molecular complexity index is 986. The number of anilines is 1. The predicted molar refractivity (Wildman–Crippen MR) is 100 cm³/mol. The number of ether oxygens (including phenoxy) is 1. The molecule has 1 aliphatic heterocycles. The summed E-state index contributed by atoms with van der Waals surface area (Å²) >= 11 is 6.58. The summed E-state index contributed by atoms with van der Waals surface area (Å²) in [6, 6.07) is 1.26. The van der Waals surface area contributed by atoms with Gasteiger partial charge in [-0.1, -0.05) is 11.6 Å². The third-order valence-corrected chi connectivity index (χ3v) is 5.46. The first-order valence-corrected chi connectivity index (χ1v) is 9.47. The number of aliphatic hydroxyl groups excluding tert-OH is 1. The molecular formula is C19H20ClFN2O4. The van der Waals surface area contributed by atoms with Gasteiger partial charge in [0.1, 0.15) is 11.4 Å². The molecule has 2 aromatic rings. The second-order valence-corrected chi connectivity index (χ2v) is 7.41. The van der Waals surface area contributed by atoms with E-state index < -0.39 is 23.3 Å². The van der Waals surface area contributed by atoms with Crippen LogP contribution < -0.4 is 10.3 Å². The van der Waals surface area contributed by atoms with Crippen LogP contribution in [0.25, 0.3) is 10.9 Å². The monoisotopic (exact) mass is 394 g/mol. The first-order valence-electron chi connectivity index (χ1n) is 9.09. The number of β-amino-alcohol motifs (C(OH)–C–C–N with tert-alkyl or cyclic N) is 1. The highest BCUT2D eigenvalue weighted by atomic mass is 35.5. The summed E-state index contributed by atoms with van der Waals surface area (Å²) in [5.41, 5.74) is -0.0846. The van der Waals surface area contributed by atoms with Gasteiger partial charge < -0.3 is 19.3 Å². The molecule has 2 aliphatic rings. The van der Waals surface area contributed by atoms with Crippen LogP contribution >= 0.6 is 11.6 Å². The molecular weight excluding hydrogens is 375 g/mol. The fourth-order valence-electron chi connectivity index (χ4n) is 3.66. The van der Waals surface area contributed by atoms with Gasteiger partial charge in [-0.2, -0.15) is 0 Å². The van der Waals surface area contributed by atoms with Crippen LogP contribution in [0.5, 0.6) is 0 Å². The van der Waals surface area contributed by atoms with E-state index in [9.17, 15) is 19.1 Å². The number of carbonyl (C=O) groups is 1. The molecule has 0 spiro atoms. The van der Waals surface area contributed by atoms with Crippen LogP contribution in [0.4, 0.5) is 10.1 Å². The van der Waals surface area contributed by atoms with Gasteiger partial charge in [0, 0.05) is 25.3 Å². The molecule has 8 heteroatoms. The lowest BCUT2D eigenvalue weighted by atomic mass is 10.1. The second kappa shape index (κ2) is 6.80. The zero-order valence-electron chi connectivity index (χ0n) is 14.9. The number of esters is 1. The van der Waals surface area contributed by atoms with Gasteiger partial charge in [0.25, 0.3) is 0 Å². The van der Waals surface area contributed by atoms with E-state index in [0.717, 1.165) is 18.9 Å². The normalized spacial score (nSPS) is 19.7. The molecule has 0 amide bonds. The van der Waals surface area contributed by atoms with Crippen molar-refractivity contribution in [3.05, 3.63) is 38.9 Å². The Morgan fingerprint density at radius 1 is 1.41 bits per heavy atom. The fourth-order valence-corrected chi connectivity index (χ4v) is 4.07. The summed E-state index contributed by atoms with van der Waals surface area (Å²) in [6.07, 6.45) is 3.27. The van der Waals surface area contributed by atoms with E-state index in [2.05, 4.69) is 0 Å². The molecule has 0 bridgehead atoms. The highest BCUT2D eigenvalue weighted by molar-refractivity contribution is 6.38. The Morgan fingerprint density at radius 3 is 2.74 bits per heavy atom. The first kappa shape index (κ1) is 18.3. The quantitative estimate of drug-likeness (QED) is 0.807. The van der Waals surface area contributed by atoms with Crippen LogP contribution in [0, 0.1) is 5.82 Å². The van der Waals surface area contributed by atoms with E-state index in [1.54, 1.807) is 16.4 Å². The van der Waals surface area contributed by atoms with Crippen molar-refractivity contribution < 1.29 is 19.0 Å². The van der Waals surface area contributed by atoms with Crippen molar-refractivity contribution in [1.29, 1.82) is 0 Å². The molecule has 2 fully saturated rings. The van der Waals surface area contributed by atoms with Crippen LogP contribution in [0.15, 0.2) is 17.1 Å². The number of rotatable bonds is 4. The third kappa shape index (κ3) is 3.08. The van der Waals surface area contributed by atoms with Crippen LogP contribution in [0.3, 0.4) is 0 Å². The average molecular weight is 395 g/mol. The standard InChI is InChI=1S/C19H20ClFN2O4/c1-2-27-19(26)13-9-23(10-3-4-10)16-12(18(13)25)7-14(21)17(15(16)20)22-6-5-11(24)8-22/h7,9-11,24H,2-6,8H2,1H3. The van der Waals surface area contributed by atoms with Crippen molar-refractivity contribution in [2.75, 3.05) is 24.6 Å². The van der Waals surface area contributed by atoms with Crippen molar-refractivity contribution in [3.63, 3.8) is 0 Å². The molecule has 2 heterocycles. The summed E-state index contributed by atoms with van der Waals surface area (Å²) in [7, 11) is 0. The zero-order chi connectivity index (χ0) is 19.3. The zero-order valence-corrected chi connectivity index (χ0v) is 15.6. The maximum Gasteiger partial charge on any atom is 0.343 e. The summed E-state index contributed by atoms with van der Waals surface area (Å²) in [5.74, 6) is -1.36. The smallest absolute Gasteiger partial charge is 0.343 e. The lowest BCUT2D eigenvalue weighted by Crippen LogP contribution is -2.25. The Labute approximate surface area is 160 Å². The van der Waals surface area contributed by atoms with Crippen molar-refractivity contribution in [1.82, 2.24) is 4.57 Å². The van der Waals surface area contributed by atoms with Crippen molar-refractivity contribution in [3.8, 4) is 0 Å². The Hall–Kier alpha value is -2.12. The number of aromatic nitrogens is 1. The Balaban J connectivity index is 1.97. The molecule has 1 unspecified atom stereocenters. The van der Waals surface area contributed by atoms with Crippen LogP contribution in [-0.2, 0) is 4.74 Å². The fraction of sp³-hybridized carbons (Fsp3) is 0.474. The first-order chi connectivity index (χ1) is 12.9. The molecule has 27 heavy (non-hydrogen) atoms. The van der Waals surface area contributed by atoms with Gasteiger partial charge in [0.15, 0.2) is 0 Å².